The summed E-state index contributed by atoms with van der Waals surface area (Å²) in [6.45, 7) is 27.9. The third-order valence-electron chi connectivity index (χ3n) is 22.4. The van der Waals surface area contributed by atoms with E-state index in [2.05, 4.69) is 68.6 Å². The van der Waals surface area contributed by atoms with Crippen molar-refractivity contribution < 1.29 is 212 Å². The fourth-order valence-electron chi connectivity index (χ4n) is 15.0. The first-order chi connectivity index (χ1) is 68.1. The number of carboxylic acid groups (broad SMARTS) is 2. The van der Waals surface area contributed by atoms with E-state index >= 15 is 0 Å². The van der Waals surface area contributed by atoms with E-state index in [1.165, 1.54) is 12.8 Å². The number of amides is 9. The SMILES string of the molecule is Br.CC(C)(C)OC(=O)NCCCC[C@H](N)C(=O)O.CC(C)(C)OC(=O)NCCCC[C@H](NC(=O)C1CCCC1)C(=O)C=[N+]=[N-].CC(C)(C)OC(=O)NCCCC[C@H](NC(=O)C1CCCC1)C(=O)CBr.CC(C)(C)OC(=O)NCCCC[C@H](NC(=O)C1CCCC1)C(=O)COc1c(F)c(F)cc(F)c1F.CC(C)(C)OC(=O)NCCCC[C@H](NC(=O)C1CCCC1)C(=O)O.Cl.O=C(Cl)C1CCCC1.Oc1c(F)c(F)cc(F)c1F.[F-].[K+]. The molecule has 0 bridgehead atoms. The van der Waals surface area contributed by atoms with Crippen molar-refractivity contribution in [1.29, 1.82) is 0 Å². The van der Waals surface area contributed by atoms with Gasteiger partial charge in [-0.15, -0.1) is 29.4 Å². The van der Waals surface area contributed by atoms with Crippen LogP contribution in [0.15, 0.2) is 12.1 Å². The number of alkyl carbamates (subject to hydrolysis) is 5. The first kappa shape index (κ1) is 148. The first-order valence-corrected chi connectivity index (χ1v) is 51.4. The van der Waals surface area contributed by atoms with E-state index in [0.717, 1.165) is 122 Å². The molecule has 5 fully saturated rings. The molecule has 0 aliphatic heterocycles. The quantitative estimate of drug-likeness (QED) is 0.00280. The van der Waals surface area contributed by atoms with E-state index in [4.69, 9.17) is 61.5 Å². The van der Waals surface area contributed by atoms with Gasteiger partial charge in [-0.25, -0.2) is 46.3 Å². The fourth-order valence-corrected chi connectivity index (χ4v) is 15.6. The number of carbonyl (C=O) groups excluding carboxylic acids is 13. The number of carboxylic acids is 2. The Bertz CT molecular complexity index is 4480. The van der Waals surface area contributed by atoms with Crippen molar-refractivity contribution in [1.82, 2.24) is 47.9 Å². The average Bonchev–Trinajstić information content (AvgIpc) is 1.12. The minimum atomic E-state index is -1.79. The van der Waals surface area contributed by atoms with Crippen LogP contribution in [0.2, 0.25) is 0 Å². The van der Waals surface area contributed by atoms with Gasteiger partial charge in [0.1, 0.15) is 46.7 Å². The van der Waals surface area contributed by atoms with Crippen LogP contribution in [-0.4, -0.2) is 218 Å². The van der Waals surface area contributed by atoms with Gasteiger partial charge in [0.2, 0.25) is 52.1 Å². The minimum absolute atomic E-state index is 0. The van der Waals surface area contributed by atoms with Gasteiger partial charge in [-0.1, -0.05) is 80.1 Å². The van der Waals surface area contributed by atoms with Crippen LogP contribution in [0.5, 0.6) is 11.5 Å². The van der Waals surface area contributed by atoms with Gasteiger partial charge in [0.25, 0.3) is 5.78 Å². The van der Waals surface area contributed by atoms with Crippen molar-refractivity contribution in [2.75, 3.05) is 44.7 Å². The molecule has 2 aromatic rings. The van der Waals surface area contributed by atoms with Crippen molar-refractivity contribution in [3.63, 3.8) is 0 Å². The number of aromatic hydroxyl groups is 1. The maximum atomic E-state index is 13.8. The van der Waals surface area contributed by atoms with Gasteiger partial charge < -0.3 is 108 Å². The Balaban J connectivity index is -0.000000853. The summed E-state index contributed by atoms with van der Waals surface area (Å²) in [6.07, 6.45) is 25.6. The van der Waals surface area contributed by atoms with E-state index in [-0.39, 0.29) is 180 Å². The number of ether oxygens (including phenoxy) is 6. The molecule has 0 unspecified atom stereocenters. The van der Waals surface area contributed by atoms with Gasteiger partial charge in [-0.3, -0.25) is 43.2 Å². The molecule has 0 heterocycles. The molecule has 14 N–H and O–H groups in total. The third kappa shape index (κ3) is 68.8. The van der Waals surface area contributed by atoms with E-state index in [0.29, 0.717) is 116 Å². The number of benzene rings is 2. The van der Waals surface area contributed by atoms with Crippen molar-refractivity contribution in [3.8, 4) is 11.5 Å². The van der Waals surface area contributed by atoms with Gasteiger partial charge in [0.15, 0.2) is 46.3 Å². The van der Waals surface area contributed by atoms with Crippen LogP contribution in [-0.2, 0) is 71.6 Å². The molecule has 0 saturated heterocycles. The predicted molar refractivity (Wildman–Crippen MR) is 548 cm³/mol. The van der Waals surface area contributed by atoms with Crippen molar-refractivity contribution >= 4 is 152 Å². The number of halogens is 13. The molecule has 0 aromatic heterocycles. The van der Waals surface area contributed by atoms with Crippen LogP contribution in [0, 0.1) is 76.1 Å². The zero-order valence-electron chi connectivity index (χ0n) is 89.1. The largest absolute Gasteiger partial charge is 1.00 e. The number of carbonyl (C=O) groups is 15. The molecule has 0 spiro atoms. The Hall–Kier alpha value is -8.22. The Labute approximate surface area is 946 Å². The summed E-state index contributed by atoms with van der Waals surface area (Å²) >= 11 is 8.43. The molecule has 854 valence electrons. The van der Waals surface area contributed by atoms with E-state index in [9.17, 15) is 112 Å². The molecule has 9 amide bonds. The molecule has 7 rings (SSSR count). The Morgan fingerprint density at radius 2 is 0.647 bits per heavy atom. The van der Waals surface area contributed by atoms with E-state index in [1.807, 2.05) is 20.8 Å². The van der Waals surface area contributed by atoms with Crippen molar-refractivity contribution in [2.45, 2.75) is 387 Å². The monoisotopic (exact) mass is 2350 g/mol. The number of hydrogen-bond donors (Lipinski definition) is 13. The number of alkyl halides is 1. The number of nitrogens with one attached hydrogen (secondary N) is 9. The molecule has 2 aromatic carbocycles. The van der Waals surface area contributed by atoms with Crippen molar-refractivity contribution in [2.24, 2.45) is 35.3 Å². The zero-order valence-corrected chi connectivity index (χ0v) is 97.1. The summed E-state index contributed by atoms with van der Waals surface area (Å²) in [5.74, 6) is -20.4. The molecular formula is C100H158Br2Cl2F9KN12O24. The van der Waals surface area contributed by atoms with Gasteiger partial charge in [-0.2, -0.15) is 22.4 Å². The fraction of sp³-hybridized carbons (Fsp3) is 0.720. The standard InChI is InChI=1S/C24H32F4N2O5.C18H31BrN2O4.C18H30N4O4.C17H30N2O5.C11H22N2O4.C6H9ClO.C6H2F4O.BrH.ClH.FH.K/c1-24(2,3)35-23(33)29-11-7-6-10-17(30-22(32)14-8-4-5-9-14)18(31)13-34-21-19(27)15(25)12-16(26)20(21)28;1-18(2,3)25-17(24)20-11-7-6-10-14(15(22)12-19)21-16(23)13-8-4-5-9-13;1-18(2,3)26-17(25)20-11-7-6-10-14(15(23)12-21-19)22-16(24)13-8-4-5-9-13;1-17(2,3)24-16(23)18-11-7-6-10-13(15(21)22)19-14(20)12-8-4-5-9-12;1-11(2,3)17-10(16)13-7-5-4-6-8(12)9(14)15;7-6(8)5-3-1-2-4-5;7-2-1-3(8)5(10)6(11)4(2)9;;;;/h12,14,17H,4-11,13H2,1-3H3,(H,29,33)(H,30,32);13-14H,4-12H2,1-3H3,(H,20,24)(H,21,23);12-14H,4-11H2,1-3H3,(H,20,25)(H,22,24);12-13H,4-11H2,1-3H3,(H,18,23)(H,19,20)(H,21,22);8H,4-7,12H2,1-3H3,(H,13,16)(H,14,15);5H,1-4H2;1,11H;3*1H;/q;;;;;;;;;;+1/p-1/t17-;2*14-;13-;8-;;;;;;/m00000....../s1. The molecule has 50 heteroatoms. The van der Waals surface area contributed by atoms with Crippen LogP contribution in [0.1, 0.15) is 329 Å². The van der Waals surface area contributed by atoms with Crippen molar-refractivity contribution in [3.05, 3.63) is 64.2 Å². The number of phenolic OH excluding ortho intramolecular Hbond substituents is 1. The first-order valence-electron chi connectivity index (χ1n) is 49.9. The van der Waals surface area contributed by atoms with Gasteiger partial charge in [-0.05, 0) is 276 Å². The molecule has 5 atom stereocenters. The third-order valence-corrected chi connectivity index (χ3v) is 23.2. The molecule has 150 heavy (non-hydrogen) atoms. The van der Waals surface area contributed by atoms with E-state index < -0.39 is 177 Å². The predicted octanol–water partition coefficient (Wildman–Crippen LogP) is 12.5. The Kier molecular flexibility index (Phi) is 77.0. The zero-order chi connectivity index (χ0) is 111. The molecular weight excluding hydrogens is 2190 g/mol. The van der Waals surface area contributed by atoms with Crippen LogP contribution < -0.4 is 114 Å². The number of Topliss-reactive ketones (excluding diaryl/α,β-unsaturated/α-hetero) is 3. The Morgan fingerprint density at radius 3 is 0.893 bits per heavy atom. The summed E-state index contributed by atoms with van der Waals surface area (Å²) in [5, 5.41) is 50.4. The number of aliphatic carboxylic acids is 2. The molecule has 5 saturated carbocycles. The maximum Gasteiger partial charge on any atom is 1.00 e. The number of rotatable bonds is 44. The van der Waals surface area contributed by atoms with Crippen LogP contribution in [0.4, 0.5) is 59.1 Å². The van der Waals surface area contributed by atoms with Gasteiger partial charge in [0.05, 0.1) is 23.5 Å². The summed E-state index contributed by atoms with van der Waals surface area (Å²) in [7, 11) is 0. The minimum Gasteiger partial charge on any atom is -1.00 e. The average molecular weight is 2350 g/mol. The summed E-state index contributed by atoms with van der Waals surface area (Å²) in [4.78, 5) is 178. The second-order valence-electron chi connectivity index (χ2n) is 41.0. The van der Waals surface area contributed by atoms with Gasteiger partial charge in [0, 0.05) is 74.4 Å². The molecule has 0 radical (unpaired) electrons. The number of nitrogens with two attached hydrogens (primary N) is 1. The van der Waals surface area contributed by atoms with E-state index in [1.54, 1.807) is 83.1 Å². The second kappa shape index (κ2) is 78.0. The summed E-state index contributed by atoms with van der Waals surface area (Å²) < 4.78 is 133. The number of nitrogens with zero attached hydrogens (tertiary/aromatic N) is 2. The van der Waals surface area contributed by atoms with Gasteiger partial charge >= 0.3 is 100 Å². The molecule has 5 aliphatic rings. The molecule has 5 aliphatic carbocycles. The van der Waals surface area contributed by atoms with Crippen LogP contribution in [0.25, 0.3) is 5.53 Å². The number of phenols is 1. The second-order valence-corrected chi connectivity index (χ2v) is 41.9. The molecule has 36 nitrogen and oxygen atoms in total. The summed E-state index contributed by atoms with van der Waals surface area (Å²) in [5.41, 5.74) is 11.2. The number of unbranched alkanes of at least 4 members (excludes halogenated alkanes) is 5. The number of hydrogen-bond acceptors (Lipinski definition) is 23. The maximum absolute atomic E-state index is 13.8. The summed E-state index contributed by atoms with van der Waals surface area (Å²) in [6, 6.07) is -3.82. The Morgan fingerprint density at radius 1 is 0.407 bits per heavy atom. The van der Waals surface area contributed by atoms with Crippen LogP contribution >= 0.6 is 56.9 Å². The number of ketones is 3. The smallest absolute Gasteiger partial charge is 1.00 e. The normalized spacial score (nSPS) is 14.9. The topological polar surface area (TPSA) is 543 Å². The van der Waals surface area contributed by atoms with Crippen LogP contribution in [0.3, 0.4) is 0 Å².